The van der Waals surface area contributed by atoms with Crippen molar-refractivity contribution >= 4 is 11.9 Å². The van der Waals surface area contributed by atoms with Crippen molar-refractivity contribution in [2.24, 2.45) is 0 Å². The van der Waals surface area contributed by atoms with Gasteiger partial charge in [-0.05, 0) is 29.3 Å². The molecule has 1 amide bonds. The van der Waals surface area contributed by atoms with Gasteiger partial charge in [-0.3, -0.25) is 4.79 Å². The number of hydrogen-bond acceptors (Lipinski definition) is 4. The second kappa shape index (κ2) is 7.53. The molecule has 152 valence electrons. The number of aliphatic carboxylic acids is 1. The Morgan fingerprint density at radius 2 is 1.79 bits per heavy atom. The van der Waals surface area contributed by atoms with Gasteiger partial charge in [0, 0.05) is 12.0 Å². The molecule has 1 spiro atoms. The summed E-state index contributed by atoms with van der Waals surface area (Å²) in [6.07, 6.45) is 0.0671. The van der Waals surface area contributed by atoms with Gasteiger partial charge in [-0.15, -0.1) is 0 Å². The number of nitrogens with zero attached hydrogens (tertiary/aromatic N) is 1. The van der Waals surface area contributed by atoms with E-state index in [0.717, 1.165) is 18.2 Å². The van der Waals surface area contributed by atoms with E-state index in [0.29, 0.717) is 24.3 Å². The van der Waals surface area contributed by atoms with E-state index in [2.05, 4.69) is 0 Å². The van der Waals surface area contributed by atoms with Crippen LogP contribution in [0.5, 0.6) is 0 Å². The van der Waals surface area contributed by atoms with Gasteiger partial charge in [0.05, 0.1) is 26.2 Å². The Morgan fingerprint density at radius 1 is 1.10 bits per heavy atom. The Kier molecular flexibility index (Phi) is 5.06. The molecule has 6 nitrogen and oxygen atoms in total. The third-order valence-electron chi connectivity index (χ3n) is 5.26. The summed E-state index contributed by atoms with van der Waals surface area (Å²) in [5.74, 6) is -3.60. The second-order valence-corrected chi connectivity index (χ2v) is 7.19. The van der Waals surface area contributed by atoms with Crippen molar-refractivity contribution in [3.63, 3.8) is 0 Å². The molecule has 2 aliphatic rings. The molecular weight excluding hydrogens is 384 g/mol. The average molecular weight is 403 g/mol. The largest absolute Gasteiger partial charge is 0.480 e. The number of halogens is 2. The topological polar surface area (TPSA) is 76.1 Å². The first kappa shape index (κ1) is 19.5. The predicted octanol–water partition coefficient (Wildman–Crippen LogP) is 2.60. The minimum Gasteiger partial charge on any atom is -0.480 e. The monoisotopic (exact) mass is 403 g/mol. The maximum Gasteiger partial charge on any atom is 0.326 e. The maximum absolute atomic E-state index is 13.9. The summed E-state index contributed by atoms with van der Waals surface area (Å²) in [6, 6.07) is 8.69. The smallest absolute Gasteiger partial charge is 0.326 e. The molecule has 1 N–H and O–H groups in total. The molecule has 1 unspecified atom stereocenters. The van der Waals surface area contributed by atoms with Crippen LogP contribution in [0.15, 0.2) is 42.5 Å². The molecule has 0 bridgehead atoms. The van der Waals surface area contributed by atoms with Crippen LogP contribution in [0.3, 0.4) is 0 Å². The van der Waals surface area contributed by atoms with Crippen LogP contribution in [0.2, 0.25) is 0 Å². The number of carbonyl (C=O) groups is 2. The molecule has 29 heavy (non-hydrogen) atoms. The number of carboxylic acids is 1. The van der Waals surface area contributed by atoms with Crippen molar-refractivity contribution in [2.45, 2.75) is 24.7 Å². The Labute approximate surface area is 165 Å². The van der Waals surface area contributed by atoms with E-state index in [1.165, 1.54) is 4.90 Å². The fourth-order valence-corrected chi connectivity index (χ4v) is 3.82. The number of carboxylic acid groups (broad SMARTS) is 1. The number of benzene rings is 2. The highest BCUT2D eigenvalue weighted by atomic mass is 19.1. The summed E-state index contributed by atoms with van der Waals surface area (Å²) in [4.78, 5) is 25.6. The molecule has 2 heterocycles. The molecule has 1 atom stereocenters. The first-order chi connectivity index (χ1) is 13.9. The molecule has 2 fully saturated rings. The minimum atomic E-state index is -1.11. The summed E-state index contributed by atoms with van der Waals surface area (Å²) >= 11 is 0. The van der Waals surface area contributed by atoms with Gasteiger partial charge in [0.25, 0.3) is 0 Å². The lowest BCUT2D eigenvalue weighted by Crippen LogP contribution is -2.42. The van der Waals surface area contributed by atoms with Gasteiger partial charge < -0.3 is 19.5 Å². The van der Waals surface area contributed by atoms with Crippen LogP contribution in [0.4, 0.5) is 8.78 Å². The Balaban J connectivity index is 1.49. The normalized spacial score (nSPS) is 20.3. The second-order valence-electron chi connectivity index (χ2n) is 7.19. The van der Waals surface area contributed by atoms with Crippen LogP contribution in [0.1, 0.15) is 12.0 Å². The van der Waals surface area contributed by atoms with Crippen LogP contribution in [0, 0.1) is 11.6 Å². The van der Waals surface area contributed by atoms with E-state index in [1.54, 1.807) is 24.3 Å². The lowest BCUT2D eigenvalue weighted by Gasteiger charge is -2.23. The molecular formula is C21H19F2NO5. The minimum absolute atomic E-state index is 0.0221. The van der Waals surface area contributed by atoms with Crippen LogP contribution in [0.25, 0.3) is 11.1 Å². The zero-order valence-corrected chi connectivity index (χ0v) is 15.4. The van der Waals surface area contributed by atoms with E-state index in [4.69, 9.17) is 9.47 Å². The average Bonchev–Trinajstić information content (AvgIpc) is 3.32. The molecule has 4 rings (SSSR count). The zero-order chi connectivity index (χ0) is 20.6. The first-order valence-corrected chi connectivity index (χ1v) is 9.21. The van der Waals surface area contributed by atoms with E-state index in [1.807, 2.05) is 0 Å². The third kappa shape index (κ3) is 3.86. The SMILES string of the molecule is O=C(O)C1CC2(CN1C(=O)Cc1ccc(-c3cc(F)ccc3F)cc1)OCCO2. The van der Waals surface area contributed by atoms with Crippen LogP contribution in [-0.4, -0.2) is 53.5 Å². The lowest BCUT2D eigenvalue weighted by atomic mass is 10.0. The van der Waals surface area contributed by atoms with E-state index >= 15 is 0 Å². The van der Waals surface area contributed by atoms with Gasteiger partial charge >= 0.3 is 5.97 Å². The fraction of sp³-hybridized carbons (Fsp3) is 0.333. The summed E-state index contributed by atoms with van der Waals surface area (Å²) in [5.41, 5.74) is 1.24. The van der Waals surface area contributed by atoms with Crippen LogP contribution in [-0.2, 0) is 25.5 Å². The quantitative estimate of drug-likeness (QED) is 0.849. The Morgan fingerprint density at radius 3 is 2.45 bits per heavy atom. The number of carbonyl (C=O) groups excluding carboxylic acids is 1. The molecule has 2 aromatic carbocycles. The predicted molar refractivity (Wildman–Crippen MR) is 97.9 cm³/mol. The van der Waals surface area contributed by atoms with Crippen molar-refractivity contribution in [2.75, 3.05) is 19.8 Å². The molecule has 0 saturated carbocycles. The van der Waals surface area contributed by atoms with Crippen molar-refractivity contribution in [1.29, 1.82) is 0 Å². The molecule has 0 radical (unpaired) electrons. The Bertz CT molecular complexity index is 941. The molecule has 0 aliphatic carbocycles. The van der Waals surface area contributed by atoms with Crippen molar-refractivity contribution in [1.82, 2.24) is 4.90 Å². The molecule has 2 aliphatic heterocycles. The van der Waals surface area contributed by atoms with Gasteiger partial charge in [-0.25, -0.2) is 13.6 Å². The molecule has 2 aromatic rings. The molecule has 2 saturated heterocycles. The molecule has 0 aromatic heterocycles. The third-order valence-corrected chi connectivity index (χ3v) is 5.26. The molecule has 8 heteroatoms. The van der Waals surface area contributed by atoms with E-state index in [9.17, 15) is 23.5 Å². The zero-order valence-electron chi connectivity index (χ0n) is 15.4. The highest BCUT2D eigenvalue weighted by Crippen LogP contribution is 2.35. The first-order valence-electron chi connectivity index (χ1n) is 9.21. The summed E-state index contributed by atoms with van der Waals surface area (Å²) in [7, 11) is 0. The summed E-state index contributed by atoms with van der Waals surface area (Å²) < 4.78 is 38.4. The van der Waals surface area contributed by atoms with Crippen molar-refractivity contribution in [3.8, 4) is 11.1 Å². The fourth-order valence-electron chi connectivity index (χ4n) is 3.82. The highest BCUT2D eigenvalue weighted by Gasteiger charge is 2.52. The van der Waals surface area contributed by atoms with Gasteiger partial charge in [-0.1, -0.05) is 24.3 Å². The van der Waals surface area contributed by atoms with Gasteiger partial charge in [0.15, 0.2) is 5.79 Å². The van der Waals surface area contributed by atoms with E-state index in [-0.39, 0.29) is 30.9 Å². The van der Waals surface area contributed by atoms with Gasteiger partial charge in [-0.2, -0.15) is 0 Å². The standard InChI is InChI=1S/C21H19F2NO5/c22-15-5-6-17(23)16(10-15)14-3-1-13(2-4-14)9-19(25)24-12-21(28-7-8-29-21)11-18(24)20(26)27/h1-6,10,18H,7-9,11-12H2,(H,26,27). The van der Waals surface area contributed by atoms with Gasteiger partial charge in [0.1, 0.15) is 17.7 Å². The van der Waals surface area contributed by atoms with Crippen LogP contribution < -0.4 is 0 Å². The summed E-state index contributed by atoms with van der Waals surface area (Å²) in [5, 5.41) is 9.48. The Hall–Kier alpha value is -2.84. The lowest BCUT2D eigenvalue weighted by molar-refractivity contribution is -0.152. The van der Waals surface area contributed by atoms with Crippen molar-refractivity contribution in [3.05, 3.63) is 59.7 Å². The summed E-state index contributed by atoms with van der Waals surface area (Å²) in [6.45, 7) is 0.800. The van der Waals surface area contributed by atoms with Crippen molar-refractivity contribution < 1.29 is 33.0 Å². The number of amides is 1. The van der Waals surface area contributed by atoms with E-state index < -0.39 is 29.4 Å². The number of hydrogen-bond donors (Lipinski definition) is 1. The number of rotatable bonds is 4. The number of likely N-dealkylation sites (tertiary alicyclic amines) is 1. The van der Waals surface area contributed by atoms with Gasteiger partial charge in [0.2, 0.25) is 5.91 Å². The maximum atomic E-state index is 13.9. The van der Waals surface area contributed by atoms with Crippen LogP contribution >= 0.6 is 0 Å². The number of ether oxygens (including phenoxy) is 2. The highest BCUT2D eigenvalue weighted by molar-refractivity contribution is 5.86.